The number of nitrogens with zero attached hydrogens (tertiary/aromatic N) is 5. The monoisotopic (exact) mass is 441 g/mol. The number of ether oxygens (including phenoxy) is 3. The highest BCUT2D eigenvalue weighted by Gasteiger charge is 2.24. The minimum Gasteiger partial charge on any atom is -0.493 e. The van der Waals surface area contributed by atoms with Crippen molar-refractivity contribution < 1.29 is 14.2 Å². The molecular formula is C22H27N5O5. The third kappa shape index (κ3) is 2.93. The highest BCUT2D eigenvalue weighted by atomic mass is 16.5. The van der Waals surface area contributed by atoms with Crippen molar-refractivity contribution in [1.82, 2.24) is 23.5 Å². The molecule has 0 amide bonds. The van der Waals surface area contributed by atoms with Crippen molar-refractivity contribution in [2.45, 2.75) is 46.7 Å². The van der Waals surface area contributed by atoms with Crippen molar-refractivity contribution in [2.75, 3.05) is 21.3 Å². The third-order valence-corrected chi connectivity index (χ3v) is 5.56. The summed E-state index contributed by atoms with van der Waals surface area (Å²) in [5.41, 5.74) is 0.994. The third-order valence-electron chi connectivity index (χ3n) is 5.56. The zero-order valence-electron chi connectivity index (χ0n) is 19.2. The van der Waals surface area contributed by atoms with Gasteiger partial charge in [-0.25, -0.2) is 14.8 Å². The van der Waals surface area contributed by atoms with Gasteiger partial charge in [0.15, 0.2) is 28.3 Å². The van der Waals surface area contributed by atoms with E-state index < -0.39 is 0 Å². The van der Waals surface area contributed by atoms with Gasteiger partial charge in [0.1, 0.15) is 11.3 Å². The van der Waals surface area contributed by atoms with E-state index in [-0.39, 0.29) is 11.2 Å². The Bertz CT molecular complexity index is 1460. The molecule has 0 aliphatic carbocycles. The maximum Gasteiger partial charge on any atom is 0.332 e. The molecule has 0 N–H and O–H groups in total. The highest BCUT2D eigenvalue weighted by molar-refractivity contribution is 6.01. The van der Waals surface area contributed by atoms with E-state index in [1.165, 1.54) is 25.9 Å². The predicted octanol–water partition coefficient (Wildman–Crippen LogP) is 2.51. The number of hydrogen-bond donors (Lipinski definition) is 0. The first kappa shape index (κ1) is 21.7. The lowest BCUT2D eigenvalue weighted by molar-refractivity contribution is 0.327. The molecule has 0 atom stereocenters. The van der Waals surface area contributed by atoms with E-state index in [9.17, 15) is 9.59 Å². The van der Waals surface area contributed by atoms with E-state index in [1.807, 2.05) is 13.8 Å². The Morgan fingerprint density at radius 2 is 1.53 bits per heavy atom. The van der Waals surface area contributed by atoms with Crippen LogP contribution in [0, 0.1) is 6.92 Å². The van der Waals surface area contributed by atoms with Crippen molar-refractivity contribution >= 4 is 27.7 Å². The number of methoxy groups -OCH3 is 3. The largest absolute Gasteiger partial charge is 0.493 e. The van der Waals surface area contributed by atoms with Gasteiger partial charge >= 0.3 is 5.69 Å². The summed E-state index contributed by atoms with van der Waals surface area (Å²) < 4.78 is 21.2. The fraction of sp³-hybridized carbons (Fsp3) is 0.455. The average Bonchev–Trinajstić information content (AvgIpc) is 3.20. The molecule has 3 aromatic heterocycles. The van der Waals surface area contributed by atoms with Gasteiger partial charge in [-0.15, -0.1) is 0 Å². The van der Waals surface area contributed by atoms with Gasteiger partial charge in [0.25, 0.3) is 5.56 Å². The molecule has 170 valence electrons. The van der Waals surface area contributed by atoms with E-state index in [0.717, 1.165) is 6.42 Å². The molecular weight excluding hydrogens is 414 g/mol. The summed E-state index contributed by atoms with van der Waals surface area (Å²) in [5, 5.41) is 0.623. The SMILES string of the molecule is CCCn1c(=O)c2c(nc3c4cc(OC)c(OC)c(OC)c4nc(C)n32)n(CCC)c1=O. The number of aromatic nitrogens is 5. The van der Waals surface area contributed by atoms with Crippen LogP contribution in [0.2, 0.25) is 0 Å². The summed E-state index contributed by atoms with van der Waals surface area (Å²) in [6, 6.07) is 1.76. The molecule has 1 aromatic carbocycles. The van der Waals surface area contributed by atoms with Gasteiger partial charge in [-0.05, 0) is 25.8 Å². The molecule has 4 rings (SSSR count). The topological polar surface area (TPSA) is 102 Å². The molecule has 0 spiro atoms. The second-order valence-corrected chi connectivity index (χ2v) is 7.53. The summed E-state index contributed by atoms with van der Waals surface area (Å²) in [6.07, 6.45) is 1.39. The molecule has 0 radical (unpaired) electrons. The van der Waals surface area contributed by atoms with E-state index in [2.05, 4.69) is 0 Å². The molecule has 10 nitrogen and oxygen atoms in total. The molecule has 10 heteroatoms. The zero-order chi connectivity index (χ0) is 23.2. The van der Waals surface area contributed by atoms with Crippen LogP contribution in [0.3, 0.4) is 0 Å². The number of hydrogen-bond acceptors (Lipinski definition) is 7. The van der Waals surface area contributed by atoms with Gasteiger partial charge < -0.3 is 14.2 Å². The average molecular weight is 441 g/mol. The van der Waals surface area contributed by atoms with Crippen LogP contribution < -0.4 is 25.5 Å². The Hall–Kier alpha value is -3.56. The molecule has 32 heavy (non-hydrogen) atoms. The maximum absolute atomic E-state index is 13.4. The van der Waals surface area contributed by atoms with E-state index >= 15 is 0 Å². The number of fused-ring (bicyclic) bond motifs is 5. The summed E-state index contributed by atoms with van der Waals surface area (Å²) >= 11 is 0. The van der Waals surface area contributed by atoms with Crippen molar-refractivity contribution in [1.29, 1.82) is 0 Å². The van der Waals surface area contributed by atoms with Crippen molar-refractivity contribution in [3.8, 4) is 17.2 Å². The highest BCUT2D eigenvalue weighted by Crippen LogP contribution is 2.43. The van der Waals surface area contributed by atoms with Gasteiger partial charge in [-0.2, -0.15) is 0 Å². The molecule has 0 saturated carbocycles. The van der Waals surface area contributed by atoms with Crippen LogP contribution in [-0.4, -0.2) is 44.8 Å². The van der Waals surface area contributed by atoms with Crippen LogP contribution in [0.15, 0.2) is 15.7 Å². The maximum atomic E-state index is 13.4. The summed E-state index contributed by atoms with van der Waals surface area (Å²) in [4.78, 5) is 36.0. The number of rotatable bonds is 7. The number of imidazole rings is 1. The zero-order valence-corrected chi connectivity index (χ0v) is 19.2. The van der Waals surface area contributed by atoms with Gasteiger partial charge in [0, 0.05) is 13.1 Å². The predicted molar refractivity (Wildman–Crippen MR) is 121 cm³/mol. The first-order valence-corrected chi connectivity index (χ1v) is 10.6. The molecule has 0 aliphatic heterocycles. The van der Waals surface area contributed by atoms with Crippen LogP contribution in [0.25, 0.3) is 27.7 Å². The summed E-state index contributed by atoms with van der Waals surface area (Å²) in [6.45, 7) is 6.49. The molecule has 0 saturated heterocycles. The lowest BCUT2D eigenvalue weighted by Crippen LogP contribution is -2.40. The van der Waals surface area contributed by atoms with Crippen LogP contribution >= 0.6 is 0 Å². The molecule has 3 heterocycles. The Balaban J connectivity index is 2.29. The first-order valence-electron chi connectivity index (χ1n) is 10.6. The van der Waals surface area contributed by atoms with E-state index in [4.69, 9.17) is 24.2 Å². The Morgan fingerprint density at radius 3 is 2.12 bits per heavy atom. The number of aryl methyl sites for hydroxylation is 2. The molecule has 4 aromatic rings. The van der Waals surface area contributed by atoms with Crippen molar-refractivity contribution in [2.24, 2.45) is 0 Å². The lowest BCUT2D eigenvalue weighted by atomic mass is 10.2. The first-order chi connectivity index (χ1) is 15.4. The van der Waals surface area contributed by atoms with Gasteiger partial charge in [0.05, 0.1) is 26.7 Å². The summed E-state index contributed by atoms with van der Waals surface area (Å²) in [7, 11) is 4.59. The quantitative estimate of drug-likeness (QED) is 0.434. The lowest BCUT2D eigenvalue weighted by Gasteiger charge is -2.15. The summed E-state index contributed by atoms with van der Waals surface area (Å²) in [5.74, 6) is 1.82. The fourth-order valence-corrected chi connectivity index (χ4v) is 4.22. The van der Waals surface area contributed by atoms with Crippen LogP contribution in [0.1, 0.15) is 32.5 Å². The molecule has 0 aliphatic rings. The van der Waals surface area contributed by atoms with Crippen LogP contribution in [0.4, 0.5) is 0 Å². The van der Waals surface area contributed by atoms with Crippen molar-refractivity contribution in [3.05, 3.63) is 32.7 Å². The fourth-order valence-electron chi connectivity index (χ4n) is 4.22. The normalized spacial score (nSPS) is 11.6. The Labute approximate surface area is 184 Å². The molecule has 0 bridgehead atoms. The van der Waals surface area contributed by atoms with Gasteiger partial charge in [-0.1, -0.05) is 13.8 Å². The van der Waals surface area contributed by atoms with Crippen molar-refractivity contribution in [3.63, 3.8) is 0 Å². The number of benzene rings is 1. The van der Waals surface area contributed by atoms with E-state index in [0.29, 0.717) is 70.3 Å². The van der Waals surface area contributed by atoms with Gasteiger partial charge in [0.2, 0.25) is 5.75 Å². The minimum atomic E-state index is -0.372. The standard InChI is InChI=1S/C22H27N5O5/c1-7-9-25-20-16(21(28)26(10-8-2)22(25)29)27-12(3)23-15-13(19(27)24-20)11-14(30-4)17(31-5)18(15)32-6/h11H,7-10H2,1-6H3. The smallest absolute Gasteiger partial charge is 0.332 e. The molecule has 0 fully saturated rings. The van der Waals surface area contributed by atoms with E-state index in [1.54, 1.807) is 22.0 Å². The molecule has 0 unspecified atom stereocenters. The Morgan fingerprint density at radius 1 is 0.875 bits per heavy atom. The minimum absolute atomic E-state index is 0.335. The Kier molecular flexibility index (Phi) is 5.53. The van der Waals surface area contributed by atoms with Crippen LogP contribution in [0.5, 0.6) is 17.2 Å². The second-order valence-electron chi connectivity index (χ2n) is 7.53. The second kappa shape index (κ2) is 8.18. The van der Waals surface area contributed by atoms with Gasteiger partial charge in [-0.3, -0.25) is 18.3 Å². The van der Waals surface area contributed by atoms with Crippen LogP contribution in [-0.2, 0) is 13.1 Å².